The van der Waals surface area contributed by atoms with Gasteiger partial charge in [-0.15, -0.1) is 0 Å². The highest BCUT2D eigenvalue weighted by atomic mass is 16.1. The van der Waals surface area contributed by atoms with Crippen molar-refractivity contribution in [3.05, 3.63) is 67.3 Å². The van der Waals surface area contributed by atoms with E-state index in [4.69, 9.17) is 0 Å². The number of fused-ring (bicyclic) bond motifs is 2. The van der Waals surface area contributed by atoms with E-state index in [2.05, 4.69) is 46.5 Å². The van der Waals surface area contributed by atoms with Crippen molar-refractivity contribution in [1.29, 1.82) is 0 Å². The molecule has 0 spiro atoms. The van der Waals surface area contributed by atoms with Crippen LogP contribution in [0.5, 0.6) is 0 Å². The molecule has 38 heavy (non-hydrogen) atoms. The van der Waals surface area contributed by atoms with E-state index < -0.39 is 0 Å². The van der Waals surface area contributed by atoms with Gasteiger partial charge in [-0.3, -0.25) is 19.4 Å². The third-order valence-corrected chi connectivity index (χ3v) is 7.23. The van der Waals surface area contributed by atoms with Gasteiger partial charge >= 0.3 is 0 Å². The van der Waals surface area contributed by atoms with Crippen molar-refractivity contribution in [2.75, 3.05) is 5.32 Å². The molecule has 3 N–H and O–H groups in total. The van der Waals surface area contributed by atoms with Crippen LogP contribution in [0.15, 0.2) is 61.6 Å². The second-order valence-corrected chi connectivity index (χ2v) is 9.83. The number of anilines is 1. The van der Waals surface area contributed by atoms with E-state index in [0.717, 1.165) is 76.0 Å². The summed E-state index contributed by atoms with van der Waals surface area (Å²) in [5.74, 6) is 0.969. The van der Waals surface area contributed by atoms with Crippen molar-refractivity contribution in [2.24, 2.45) is 5.92 Å². The molecule has 6 aromatic heterocycles. The molecule has 0 aromatic carbocycles. The Morgan fingerprint density at radius 3 is 2.74 bits per heavy atom. The number of aromatic nitrogens is 8. The summed E-state index contributed by atoms with van der Waals surface area (Å²) >= 11 is 0. The molecule has 0 unspecified atom stereocenters. The zero-order chi connectivity index (χ0) is 25.6. The number of H-pyrrole nitrogens is 2. The van der Waals surface area contributed by atoms with Gasteiger partial charge < -0.3 is 10.3 Å². The monoisotopic (exact) mass is 503 g/mol. The zero-order valence-electron chi connectivity index (χ0n) is 20.8. The molecule has 7 rings (SSSR count). The first-order valence-corrected chi connectivity index (χ1v) is 12.7. The second-order valence-electron chi connectivity index (χ2n) is 9.83. The van der Waals surface area contributed by atoms with Gasteiger partial charge in [0.05, 0.1) is 34.5 Å². The van der Waals surface area contributed by atoms with Gasteiger partial charge in [0.15, 0.2) is 5.65 Å². The van der Waals surface area contributed by atoms with Crippen LogP contribution in [0.2, 0.25) is 0 Å². The lowest BCUT2D eigenvalue weighted by molar-refractivity contribution is -0.119. The minimum absolute atomic E-state index is 0.0747. The maximum absolute atomic E-state index is 12.6. The second kappa shape index (κ2) is 8.91. The fourth-order valence-electron chi connectivity index (χ4n) is 5.28. The summed E-state index contributed by atoms with van der Waals surface area (Å²) in [4.78, 5) is 34.0. The van der Waals surface area contributed by atoms with Gasteiger partial charge in [0, 0.05) is 52.6 Å². The van der Waals surface area contributed by atoms with E-state index in [0.29, 0.717) is 11.3 Å². The van der Waals surface area contributed by atoms with Crippen molar-refractivity contribution < 1.29 is 4.79 Å². The van der Waals surface area contributed by atoms with Crippen LogP contribution >= 0.6 is 0 Å². The molecule has 0 bridgehead atoms. The van der Waals surface area contributed by atoms with Gasteiger partial charge in [0.25, 0.3) is 0 Å². The Morgan fingerprint density at radius 1 is 1.03 bits per heavy atom. The number of hydrogen-bond donors (Lipinski definition) is 3. The summed E-state index contributed by atoms with van der Waals surface area (Å²) in [6.45, 7) is 1.95. The Morgan fingerprint density at radius 2 is 1.89 bits per heavy atom. The average Bonchev–Trinajstić information content (AvgIpc) is 3.74. The molecule has 6 aromatic rings. The number of carbonyl (C=O) groups is 1. The van der Waals surface area contributed by atoms with E-state index in [1.165, 1.54) is 0 Å². The van der Waals surface area contributed by atoms with Crippen LogP contribution in [0.3, 0.4) is 0 Å². The number of imidazole rings is 1. The molecule has 0 radical (unpaired) electrons. The Hall–Kier alpha value is -4.86. The van der Waals surface area contributed by atoms with Crippen molar-refractivity contribution in [1.82, 2.24) is 39.7 Å². The Balaban J connectivity index is 1.24. The molecule has 1 aliphatic rings. The van der Waals surface area contributed by atoms with Crippen LogP contribution in [0.1, 0.15) is 31.4 Å². The Labute approximate surface area is 217 Å². The van der Waals surface area contributed by atoms with Gasteiger partial charge in [0.1, 0.15) is 12.1 Å². The zero-order valence-corrected chi connectivity index (χ0v) is 20.8. The molecule has 6 heterocycles. The van der Waals surface area contributed by atoms with E-state index in [9.17, 15) is 4.79 Å². The van der Waals surface area contributed by atoms with Crippen molar-refractivity contribution >= 4 is 33.5 Å². The maximum Gasteiger partial charge on any atom is 0.227 e. The van der Waals surface area contributed by atoms with E-state index in [1.807, 2.05) is 35.9 Å². The first-order valence-electron chi connectivity index (χ1n) is 12.7. The van der Waals surface area contributed by atoms with Crippen LogP contribution in [0, 0.1) is 12.8 Å². The summed E-state index contributed by atoms with van der Waals surface area (Å²) in [6, 6.07) is 8.00. The lowest BCUT2D eigenvalue weighted by Gasteiger charge is -2.11. The molecule has 0 atom stereocenters. The maximum atomic E-state index is 12.6. The predicted molar refractivity (Wildman–Crippen MR) is 145 cm³/mol. The molecule has 0 aliphatic heterocycles. The average molecular weight is 504 g/mol. The third kappa shape index (κ3) is 3.90. The number of hydrogen-bond acceptors (Lipinski definition) is 6. The minimum atomic E-state index is 0.0747. The SMILES string of the molecule is Cc1cn(-c2nccc3[nH]c(-c4[nH]nc5ncc(-c6cncc(NC(=O)C7CCCC7)c6)cc45)cc23)cn1. The van der Waals surface area contributed by atoms with Crippen LogP contribution < -0.4 is 5.32 Å². The first-order chi connectivity index (χ1) is 18.6. The van der Waals surface area contributed by atoms with Crippen LogP contribution in [-0.4, -0.2) is 45.6 Å². The normalized spacial score (nSPS) is 14.0. The van der Waals surface area contributed by atoms with Crippen LogP contribution in [0.25, 0.3) is 50.3 Å². The fraction of sp³-hybridized carbons (Fsp3) is 0.214. The van der Waals surface area contributed by atoms with Gasteiger partial charge in [0.2, 0.25) is 5.91 Å². The number of nitrogens with one attached hydrogen (secondary N) is 3. The smallest absolute Gasteiger partial charge is 0.227 e. The number of carbonyl (C=O) groups excluding carboxylic acids is 1. The molecule has 1 saturated carbocycles. The standard InChI is InChI=1S/C28H25N9O/c1-16-14-37(15-32-16)27-21-10-24(34-23(21)6-7-30-27)25-22-9-19(12-31-26(22)36-35-25)18-8-20(13-29-11-18)33-28(38)17-4-2-3-5-17/h6-15,17,34H,2-5H2,1H3,(H,33,38)(H,31,35,36). The quantitative estimate of drug-likeness (QED) is 0.297. The molecule has 1 amide bonds. The molecule has 188 valence electrons. The molecule has 10 nitrogen and oxygen atoms in total. The topological polar surface area (TPSA) is 130 Å². The van der Waals surface area contributed by atoms with Crippen LogP contribution in [-0.2, 0) is 4.79 Å². The molecular formula is C28H25N9O. The largest absolute Gasteiger partial charge is 0.353 e. The van der Waals surface area contributed by atoms with Gasteiger partial charge in [-0.2, -0.15) is 5.10 Å². The first kappa shape index (κ1) is 22.3. The van der Waals surface area contributed by atoms with Crippen LogP contribution in [0.4, 0.5) is 5.69 Å². The van der Waals surface area contributed by atoms with Gasteiger partial charge in [-0.1, -0.05) is 12.8 Å². The van der Waals surface area contributed by atoms with E-state index in [-0.39, 0.29) is 11.8 Å². The highest BCUT2D eigenvalue weighted by molar-refractivity contribution is 5.98. The Kier molecular flexibility index (Phi) is 5.24. The lowest BCUT2D eigenvalue weighted by atomic mass is 10.1. The number of nitrogens with zero attached hydrogens (tertiary/aromatic N) is 6. The summed E-state index contributed by atoms with van der Waals surface area (Å²) in [5, 5.41) is 12.5. The molecular weight excluding hydrogens is 478 g/mol. The van der Waals surface area contributed by atoms with Crippen molar-refractivity contribution in [2.45, 2.75) is 32.6 Å². The number of pyridine rings is 3. The fourth-order valence-corrected chi connectivity index (χ4v) is 5.28. The third-order valence-electron chi connectivity index (χ3n) is 7.23. The summed E-state index contributed by atoms with van der Waals surface area (Å²) < 4.78 is 1.92. The van der Waals surface area contributed by atoms with E-state index >= 15 is 0 Å². The molecule has 0 saturated heterocycles. The predicted octanol–water partition coefficient (Wildman–Crippen LogP) is 5.19. The summed E-state index contributed by atoms with van der Waals surface area (Å²) in [6.07, 6.45) is 14.9. The van der Waals surface area contributed by atoms with Gasteiger partial charge in [-0.05, 0) is 44.0 Å². The van der Waals surface area contributed by atoms with Crippen molar-refractivity contribution in [3.63, 3.8) is 0 Å². The minimum Gasteiger partial charge on any atom is -0.353 e. The summed E-state index contributed by atoms with van der Waals surface area (Å²) in [5.41, 5.74) is 6.65. The highest BCUT2D eigenvalue weighted by Crippen LogP contribution is 2.33. The van der Waals surface area contributed by atoms with Crippen molar-refractivity contribution in [3.8, 4) is 28.3 Å². The number of aryl methyl sites for hydroxylation is 1. The highest BCUT2D eigenvalue weighted by Gasteiger charge is 2.23. The number of aromatic amines is 2. The molecule has 10 heteroatoms. The van der Waals surface area contributed by atoms with E-state index in [1.54, 1.807) is 31.1 Å². The number of amides is 1. The van der Waals surface area contributed by atoms with Gasteiger partial charge in [-0.25, -0.2) is 15.0 Å². The summed E-state index contributed by atoms with van der Waals surface area (Å²) in [7, 11) is 0. The molecule has 1 fully saturated rings. The lowest BCUT2D eigenvalue weighted by Crippen LogP contribution is -2.20. The Bertz CT molecular complexity index is 1810. The number of rotatable bonds is 5. The molecule has 1 aliphatic carbocycles.